The molecular formula is C20H21NO4. The molecule has 0 radical (unpaired) electrons. The molecule has 1 saturated heterocycles. The summed E-state index contributed by atoms with van der Waals surface area (Å²) in [5, 5.41) is 9.58. The van der Waals surface area contributed by atoms with Crippen molar-refractivity contribution in [3.8, 4) is 5.75 Å². The summed E-state index contributed by atoms with van der Waals surface area (Å²) in [5.41, 5.74) is -0.452. The van der Waals surface area contributed by atoms with Gasteiger partial charge in [-0.25, -0.2) is 4.79 Å². The number of ketones is 1. The predicted molar refractivity (Wildman–Crippen MR) is 93.8 cm³/mol. The molecule has 0 spiro atoms. The van der Waals surface area contributed by atoms with E-state index in [0.717, 1.165) is 13.0 Å². The fourth-order valence-corrected chi connectivity index (χ4v) is 3.27. The SMILES string of the molecule is CN1CCC[C@@](OC(=O)c2cccc(O)c2)(C(=O)c2ccccc2)C1. The number of likely N-dealkylation sites (tertiary alicyclic amines) is 1. The van der Waals surface area contributed by atoms with Gasteiger partial charge in [-0.15, -0.1) is 0 Å². The van der Waals surface area contributed by atoms with Crippen LogP contribution in [0, 0.1) is 0 Å². The molecule has 1 atom stereocenters. The fourth-order valence-electron chi connectivity index (χ4n) is 3.27. The second-order valence-corrected chi connectivity index (χ2v) is 6.47. The topological polar surface area (TPSA) is 66.8 Å². The monoisotopic (exact) mass is 339 g/mol. The Morgan fingerprint density at radius 2 is 1.80 bits per heavy atom. The largest absolute Gasteiger partial charge is 0.508 e. The number of rotatable bonds is 4. The molecule has 1 N–H and O–H groups in total. The quantitative estimate of drug-likeness (QED) is 0.685. The number of phenols is 1. The van der Waals surface area contributed by atoms with Gasteiger partial charge in [0, 0.05) is 12.1 Å². The number of hydrogen-bond donors (Lipinski definition) is 1. The van der Waals surface area contributed by atoms with E-state index in [1.54, 1.807) is 36.4 Å². The van der Waals surface area contributed by atoms with Crippen LogP contribution in [0.4, 0.5) is 0 Å². The van der Waals surface area contributed by atoms with Crippen molar-refractivity contribution in [1.29, 1.82) is 0 Å². The maximum Gasteiger partial charge on any atom is 0.339 e. The summed E-state index contributed by atoms with van der Waals surface area (Å²) in [7, 11) is 1.91. The Labute approximate surface area is 146 Å². The molecule has 25 heavy (non-hydrogen) atoms. The zero-order valence-electron chi connectivity index (χ0n) is 14.1. The molecule has 1 aliphatic rings. The van der Waals surface area contributed by atoms with Gasteiger partial charge in [0.1, 0.15) is 5.75 Å². The number of carbonyl (C=O) groups is 2. The lowest BCUT2D eigenvalue weighted by Crippen LogP contribution is -2.54. The van der Waals surface area contributed by atoms with Gasteiger partial charge in [-0.1, -0.05) is 36.4 Å². The number of ether oxygens (including phenoxy) is 1. The molecule has 5 nitrogen and oxygen atoms in total. The summed E-state index contributed by atoms with van der Waals surface area (Å²) < 4.78 is 5.77. The summed E-state index contributed by atoms with van der Waals surface area (Å²) in [5.74, 6) is -0.803. The number of hydrogen-bond acceptors (Lipinski definition) is 5. The highest BCUT2D eigenvalue weighted by Crippen LogP contribution is 2.30. The standard InChI is InChI=1S/C20H21NO4/c1-21-12-6-11-20(14-21,18(23)15-7-3-2-4-8-15)25-19(24)16-9-5-10-17(22)13-16/h2-5,7-10,13,22H,6,11-12,14H2,1H3/t20-/m0/s1. The van der Waals surface area contributed by atoms with Crippen molar-refractivity contribution in [3.63, 3.8) is 0 Å². The van der Waals surface area contributed by atoms with Gasteiger partial charge in [0.15, 0.2) is 5.60 Å². The molecule has 0 aromatic heterocycles. The van der Waals surface area contributed by atoms with Crippen LogP contribution in [0.15, 0.2) is 54.6 Å². The second-order valence-electron chi connectivity index (χ2n) is 6.47. The van der Waals surface area contributed by atoms with Crippen molar-refractivity contribution >= 4 is 11.8 Å². The molecule has 1 heterocycles. The second kappa shape index (κ2) is 7.07. The molecule has 3 rings (SSSR count). The molecule has 130 valence electrons. The third-order valence-electron chi connectivity index (χ3n) is 4.47. The van der Waals surface area contributed by atoms with Crippen LogP contribution >= 0.6 is 0 Å². The Balaban J connectivity index is 1.92. The number of piperidine rings is 1. The van der Waals surface area contributed by atoms with Gasteiger partial charge in [-0.2, -0.15) is 0 Å². The van der Waals surface area contributed by atoms with Crippen LogP contribution in [0.1, 0.15) is 33.6 Å². The first-order valence-corrected chi connectivity index (χ1v) is 8.31. The number of benzene rings is 2. The zero-order valence-corrected chi connectivity index (χ0v) is 14.1. The number of esters is 1. The summed E-state index contributed by atoms with van der Waals surface area (Å²) in [6.45, 7) is 1.21. The fraction of sp³-hybridized carbons (Fsp3) is 0.300. The van der Waals surface area contributed by atoms with E-state index in [4.69, 9.17) is 4.74 Å². The predicted octanol–water partition coefficient (Wildman–Crippen LogP) is 2.90. The highest BCUT2D eigenvalue weighted by atomic mass is 16.6. The van der Waals surface area contributed by atoms with Crippen LogP contribution in [-0.4, -0.2) is 47.5 Å². The molecular weight excluding hydrogens is 318 g/mol. The van der Waals surface area contributed by atoms with Crippen molar-refractivity contribution in [1.82, 2.24) is 4.90 Å². The van der Waals surface area contributed by atoms with Crippen LogP contribution in [0.25, 0.3) is 0 Å². The number of Topliss-reactive ketones (excluding diaryl/α,β-unsaturated/α-hetero) is 1. The minimum absolute atomic E-state index is 0.0151. The number of likely N-dealkylation sites (N-methyl/N-ethyl adjacent to an activating group) is 1. The molecule has 2 aromatic rings. The summed E-state index contributed by atoms with van der Waals surface area (Å²) in [4.78, 5) is 27.8. The van der Waals surface area contributed by atoms with Gasteiger partial charge in [-0.3, -0.25) is 4.79 Å². The first-order chi connectivity index (χ1) is 12.0. The molecule has 0 aliphatic carbocycles. The first kappa shape index (κ1) is 17.2. The maximum absolute atomic E-state index is 13.1. The summed E-state index contributed by atoms with van der Waals surface area (Å²) in [6.07, 6.45) is 1.25. The minimum atomic E-state index is -1.21. The third-order valence-corrected chi connectivity index (χ3v) is 4.47. The maximum atomic E-state index is 13.1. The van der Waals surface area contributed by atoms with E-state index in [2.05, 4.69) is 0 Å². The highest BCUT2D eigenvalue weighted by Gasteiger charge is 2.45. The van der Waals surface area contributed by atoms with Crippen LogP contribution in [0.2, 0.25) is 0 Å². The van der Waals surface area contributed by atoms with Gasteiger partial charge in [-0.05, 0) is 44.6 Å². The number of phenolic OH excluding ortho intramolecular Hbond substituents is 1. The molecule has 2 aromatic carbocycles. The van der Waals surface area contributed by atoms with Crippen molar-refractivity contribution in [2.45, 2.75) is 18.4 Å². The van der Waals surface area contributed by atoms with Gasteiger partial charge in [0.05, 0.1) is 5.56 Å². The van der Waals surface area contributed by atoms with E-state index in [1.165, 1.54) is 12.1 Å². The molecule has 0 saturated carbocycles. The number of nitrogens with zero attached hydrogens (tertiary/aromatic N) is 1. The van der Waals surface area contributed by atoms with Gasteiger partial charge in [0.2, 0.25) is 5.78 Å². The van der Waals surface area contributed by atoms with Gasteiger partial charge >= 0.3 is 5.97 Å². The summed E-state index contributed by atoms with van der Waals surface area (Å²) >= 11 is 0. The average molecular weight is 339 g/mol. The van der Waals surface area contributed by atoms with E-state index < -0.39 is 11.6 Å². The van der Waals surface area contributed by atoms with Crippen LogP contribution in [0.3, 0.4) is 0 Å². The number of aromatic hydroxyl groups is 1. The highest BCUT2D eigenvalue weighted by molar-refractivity contribution is 6.04. The van der Waals surface area contributed by atoms with Crippen molar-refractivity contribution < 1.29 is 19.4 Å². The molecule has 1 fully saturated rings. The molecule has 5 heteroatoms. The summed E-state index contributed by atoms with van der Waals surface area (Å²) in [6, 6.07) is 14.9. The Kier molecular flexibility index (Phi) is 4.86. The van der Waals surface area contributed by atoms with E-state index >= 15 is 0 Å². The minimum Gasteiger partial charge on any atom is -0.508 e. The Morgan fingerprint density at radius 1 is 1.08 bits per heavy atom. The van der Waals surface area contributed by atoms with Crippen molar-refractivity contribution in [2.24, 2.45) is 0 Å². The lowest BCUT2D eigenvalue weighted by Gasteiger charge is -2.39. The van der Waals surface area contributed by atoms with E-state index in [1.807, 2.05) is 18.0 Å². The Bertz CT molecular complexity index is 774. The Hall–Kier alpha value is -2.66. The number of carbonyl (C=O) groups excluding carboxylic acids is 2. The lowest BCUT2D eigenvalue weighted by atomic mass is 9.85. The van der Waals surface area contributed by atoms with Crippen LogP contribution < -0.4 is 0 Å². The van der Waals surface area contributed by atoms with E-state index in [-0.39, 0.29) is 17.1 Å². The lowest BCUT2D eigenvalue weighted by molar-refractivity contribution is -0.0364. The average Bonchev–Trinajstić information content (AvgIpc) is 2.62. The normalized spacial score (nSPS) is 20.8. The van der Waals surface area contributed by atoms with E-state index in [9.17, 15) is 14.7 Å². The van der Waals surface area contributed by atoms with E-state index in [0.29, 0.717) is 18.5 Å². The molecule has 0 bridgehead atoms. The van der Waals surface area contributed by atoms with Gasteiger partial charge < -0.3 is 14.7 Å². The van der Waals surface area contributed by atoms with Crippen LogP contribution in [0.5, 0.6) is 5.75 Å². The first-order valence-electron chi connectivity index (χ1n) is 8.31. The smallest absolute Gasteiger partial charge is 0.339 e. The zero-order chi connectivity index (χ0) is 17.9. The molecule has 1 aliphatic heterocycles. The van der Waals surface area contributed by atoms with Crippen molar-refractivity contribution in [3.05, 3.63) is 65.7 Å². The van der Waals surface area contributed by atoms with Gasteiger partial charge in [0.25, 0.3) is 0 Å². The molecule has 0 amide bonds. The molecule has 0 unspecified atom stereocenters. The third kappa shape index (κ3) is 3.72. The van der Waals surface area contributed by atoms with Crippen molar-refractivity contribution in [2.75, 3.05) is 20.1 Å². The van der Waals surface area contributed by atoms with Crippen LogP contribution in [-0.2, 0) is 4.74 Å². The Morgan fingerprint density at radius 3 is 2.48 bits per heavy atom.